The molecule has 7 heteroatoms. The van der Waals surface area contributed by atoms with Gasteiger partial charge in [0.25, 0.3) is 5.91 Å². The number of aromatic nitrogens is 1. The van der Waals surface area contributed by atoms with Crippen molar-refractivity contribution in [1.82, 2.24) is 10.3 Å². The molecule has 1 heterocycles. The highest BCUT2D eigenvalue weighted by Gasteiger charge is 2.08. The van der Waals surface area contributed by atoms with Gasteiger partial charge in [0.2, 0.25) is 0 Å². The summed E-state index contributed by atoms with van der Waals surface area (Å²) in [6.07, 6.45) is 1.79. The van der Waals surface area contributed by atoms with Crippen LogP contribution in [0, 0.1) is 0 Å². The van der Waals surface area contributed by atoms with E-state index in [1.807, 2.05) is 0 Å². The quantitative estimate of drug-likeness (QED) is 0.621. The molecule has 0 unspecified atom stereocenters. The molecule has 3 N–H and O–H groups in total. The standard InChI is InChI=1S/C12H21N3O3S/c1-17-6-7-18-5-3-2-4-14-12(16)10-9-19-11(8-13)15-10/h9H,2-8,13H2,1H3,(H,14,16). The Labute approximate surface area is 117 Å². The van der Waals surface area contributed by atoms with Gasteiger partial charge < -0.3 is 20.5 Å². The molecule has 6 nitrogen and oxygen atoms in total. The van der Waals surface area contributed by atoms with Crippen molar-refractivity contribution >= 4 is 17.2 Å². The van der Waals surface area contributed by atoms with Crippen LogP contribution in [0.5, 0.6) is 0 Å². The molecule has 108 valence electrons. The number of amides is 1. The van der Waals surface area contributed by atoms with Crippen molar-refractivity contribution in [1.29, 1.82) is 0 Å². The van der Waals surface area contributed by atoms with E-state index in [0.717, 1.165) is 17.8 Å². The molecule has 0 fully saturated rings. The predicted molar refractivity (Wildman–Crippen MR) is 74.3 cm³/mol. The van der Waals surface area contributed by atoms with Crippen LogP contribution in [0.1, 0.15) is 28.3 Å². The number of thiazole rings is 1. The summed E-state index contributed by atoms with van der Waals surface area (Å²) in [4.78, 5) is 15.8. The number of nitrogens with zero attached hydrogens (tertiary/aromatic N) is 1. The molecule has 0 aliphatic rings. The molecule has 0 bridgehead atoms. The highest BCUT2D eigenvalue weighted by atomic mass is 32.1. The molecular formula is C12H21N3O3S. The van der Waals surface area contributed by atoms with Crippen LogP contribution in [-0.2, 0) is 16.0 Å². The minimum atomic E-state index is -0.142. The third-order valence-corrected chi connectivity index (χ3v) is 3.26. The average Bonchev–Trinajstić information content (AvgIpc) is 2.90. The number of unbranched alkanes of at least 4 members (excludes halogenated alkanes) is 1. The highest BCUT2D eigenvalue weighted by molar-refractivity contribution is 7.09. The lowest BCUT2D eigenvalue weighted by Gasteiger charge is -2.04. The van der Waals surface area contributed by atoms with Crippen LogP contribution < -0.4 is 11.1 Å². The smallest absolute Gasteiger partial charge is 0.270 e. The lowest BCUT2D eigenvalue weighted by Crippen LogP contribution is -2.25. The fourth-order valence-electron chi connectivity index (χ4n) is 1.37. The van der Waals surface area contributed by atoms with Gasteiger partial charge in [-0.15, -0.1) is 11.3 Å². The SMILES string of the molecule is COCCOCCCCNC(=O)c1csc(CN)n1. The number of methoxy groups -OCH3 is 1. The van der Waals surface area contributed by atoms with Gasteiger partial charge in [0.05, 0.1) is 13.2 Å². The first-order valence-corrected chi connectivity index (χ1v) is 7.15. The molecule has 1 aromatic rings. The second-order valence-electron chi connectivity index (χ2n) is 3.90. The van der Waals surface area contributed by atoms with Crippen LogP contribution in [-0.4, -0.2) is 44.4 Å². The van der Waals surface area contributed by atoms with Gasteiger partial charge in [-0.1, -0.05) is 0 Å². The third-order valence-electron chi connectivity index (χ3n) is 2.39. The number of carbonyl (C=O) groups excluding carboxylic acids is 1. The van der Waals surface area contributed by atoms with Crippen molar-refractivity contribution in [3.05, 3.63) is 16.1 Å². The maximum Gasteiger partial charge on any atom is 0.270 e. The van der Waals surface area contributed by atoms with E-state index in [-0.39, 0.29) is 5.91 Å². The second kappa shape index (κ2) is 9.85. The Morgan fingerprint density at radius 2 is 2.26 bits per heavy atom. The van der Waals surface area contributed by atoms with Crippen molar-refractivity contribution < 1.29 is 14.3 Å². The van der Waals surface area contributed by atoms with E-state index in [2.05, 4.69) is 10.3 Å². The number of hydrogen-bond acceptors (Lipinski definition) is 6. The van der Waals surface area contributed by atoms with Gasteiger partial charge in [0, 0.05) is 32.2 Å². The van der Waals surface area contributed by atoms with Crippen LogP contribution in [0.2, 0.25) is 0 Å². The molecule has 0 spiro atoms. The molecule has 1 rings (SSSR count). The van der Waals surface area contributed by atoms with E-state index in [9.17, 15) is 4.79 Å². The zero-order valence-electron chi connectivity index (χ0n) is 11.2. The summed E-state index contributed by atoms with van der Waals surface area (Å²) in [6, 6.07) is 0. The van der Waals surface area contributed by atoms with Crippen LogP contribution in [0.25, 0.3) is 0 Å². The fourth-order valence-corrected chi connectivity index (χ4v) is 2.03. The predicted octanol–water partition coefficient (Wildman–Crippen LogP) is 0.775. The van der Waals surface area contributed by atoms with Crippen molar-refractivity contribution in [3.63, 3.8) is 0 Å². The molecule has 0 radical (unpaired) electrons. The zero-order chi connectivity index (χ0) is 13.9. The Morgan fingerprint density at radius 3 is 2.95 bits per heavy atom. The molecule has 0 aliphatic heterocycles. The van der Waals surface area contributed by atoms with Gasteiger partial charge in [0.1, 0.15) is 10.7 Å². The molecule has 19 heavy (non-hydrogen) atoms. The van der Waals surface area contributed by atoms with Crippen LogP contribution >= 0.6 is 11.3 Å². The number of ether oxygens (including phenoxy) is 2. The summed E-state index contributed by atoms with van der Waals surface area (Å²) in [7, 11) is 1.65. The Balaban J connectivity index is 2.04. The Kier molecular flexibility index (Phi) is 8.31. The molecule has 1 aromatic heterocycles. The minimum Gasteiger partial charge on any atom is -0.382 e. The van der Waals surface area contributed by atoms with E-state index in [4.69, 9.17) is 15.2 Å². The largest absolute Gasteiger partial charge is 0.382 e. The van der Waals surface area contributed by atoms with Gasteiger partial charge in [0.15, 0.2) is 0 Å². The summed E-state index contributed by atoms with van der Waals surface area (Å²) in [5, 5.41) is 5.32. The van der Waals surface area contributed by atoms with Crippen LogP contribution in [0.4, 0.5) is 0 Å². The summed E-state index contributed by atoms with van der Waals surface area (Å²) in [6.45, 7) is 2.92. The molecule has 0 aromatic carbocycles. The van der Waals surface area contributed by atoms with Gasteiger partial charge in [-0.3, -0.25) is 4.79 Å². The second-order valence-corrected chi connectivity index (χ2v) is 4.84. The molecule has 1 amide bonds. The van der Waals surface area contributed by atoms with Gasteiger partial charge in [-0.2, -0.15) is 0 Å². The maximum atomic E-state index is 11.7. The Morgan fingerprint density at radius 1 is 1.42 bits per heavy atom. The number of nitrogens with one attached hydrogen (secondary N) is 1. The number of carbonyl (C=O) groups is 1. The van der Waals surface area contributed by atoms with Crippen molar-refractivity contribution in [2.45, 2.75) is 19.4 Å². The Bertz CT molecular complexity index is 371. The van der Waals surface area contributed by atoms with E-state index >= 15 is 0 Å². The summed E-state index contributed by atoms with van der Waals surface area (Å²) >= 11 is 1.40. The van der Waals surface area contributed by atoms with Gasteiger partial charge in [-0.05, 0) is 12.8 Å². The number of rotatable bonds is 10. The summed E-state index contributed by atoms with van der Waals surface area (Å²) in [5.74, 6) is -0.142. The number of hydrogen-bond donors (Lipinski definition) is 2. The highest BCUT2D eigenvalue weighted by Crippen LogP contribution is 2.08. The molecule has 0 atom stereocenters. The van der Waals surface area contributed by atoms with Crippen LogP contribution in [0.3, 0.4) is 0 Å². The monoisotopic (exact) mass is 287 g/mol. The molecule has 0 aliphatic carbocycles. The molecule has 0 saturated carbocycles. The lowest BCUT2D eigenvalue weighted by molar-refractivity contribution is 0.0686. The third kappa shape index (κ3) is 6.63. The first-order valence-electron chi connectivity index (χ1n) is 6.27. The Hall–Kier alpha value is -1.02. The van der Waals surface area contributed by atoms with E-state index in [0.29, 0.717) is 38.6 Å². The van der Waals surface area contributed by atoms with E-state index in [1.54, 1.807) is 12.5 Å². The van der Waals surface area contributed by atoms with Gasteiger partial charge >= 0.3 is 0 Å². The van der Waals surface area contributed by atoms with E-state index < -0.39 is 0 Å². The first-order chi connectivity index (χ1) is 9.27. The average molecular weight is 287 g/mol. The maximum absolute atomic E-state index is 11.7. The van der Waals surface area contributed by atoms with Crippen molar-refractivity contribution in [3.8, 4) is 0 Å². The zero-order valence-corrected chi connectivity index (χ0v) is 12.0. The fraction of sp³-hybridized carbons (Fsp3) is 0.667. The summed E-state index contributed by atoms with van der Waals surface area (Å²) in [5.41, 5.74) is 5.89. The lowest BCUT2D eigenvalue weighted by atomic mass is 10.3. The molecular weight excluding hydrogens is 266 g/mol. The topological polar surface area (TPSA) is 86.5 Å². The van der Waals surface area contributed by atoms with Gasteiger partial charge in [-0.25, -0.2) is 4.98 Å². The first kappa shape index (κ1) is 16.0. The number of nitrogens with two attached hydrogens (primary N) is 1. The van der Waals surface area contributed by atoms with Crippen LogP contribution in [0.15, 0.2) is 5.38 Å². The minimum absolute atomic E-state index is 0.142. The van der Waals surface area contributed by atoms with Crippen molar-refractivity contribution in [2.75, 3.05) is 33.5 Å². The summed E-state index contributed by atoms with van der Waals surface area (Å²) < 4.78 is 10.2. The van der Waals surface area contributed by atoms with E-state index in [1.165, 1.54) is 11.3 Å². The molecule has 0 saturated heterocycles. The van der Waals surface area contributed by atoms with Crippen molar-refractivity contribution in [2.24, 2.45) is 5.73 Å². The normalized spacial score (nSPS) is 10.6.